The van der Waals surface area contributed by atoms with E-state index in [2.05, 4.69) is 20.5 Å². The summed E-state index contributed by atoms with van der Waals surface area (Å²) in [5, 5.41) is 4.06. The Kier molecular flexibility index (Phi) is 4.14. The summed E-state index contributed by atoms with van der Waals surface area (Å²) in [4.78, 5) is 18.1. The Labute approximate surface area is 119 Å². The molecule has 1 aromatic carbocycles. The van der Waals surface area contributed by atoms with Gasteiger partial charge in [-0.1, -0.05) is 17.7 Å². The number of hydrogen-bond acceptors (Lipinski definition) is 4. The van der Waals surface area contributed by atoms with Gasteiger partial charge in [-0.3, -0.25) is 9.78 Å². The van der Waals surface area contributed by atoms with E-state index in [1.165, 1.54) is 18.3 Å². The Balaban J connectivity index is 2.21. The van der Waals surface area contributed by atoms with E-state index >= 15 is 0 Å². The molecule has 0 saturated heterocycles. The summed E-state index contributed by atoms with van der Waals surface area (Å²) in [5.74, 6) is -0.300. The van der Waals surface area contributed by atoms with Crippen molar-refractivity contribution < 1.29 is 4.39 Å². The number of hydrogen-bond donors (Lipinski definition) is 2. The van der Waals surface area contributed by atoms with Gasteiger partial charge in [0.2, 0.25) is 5.95 Å². The van der Waals surface area contributed by atoms with E-state index in [0.29, 0.717) is 11.3 Å². The van der Waals surface area contributed by atoms with Crippen LogP contribution in [0, 0.1) is 19.7 Å². The monoisotopic (exact) mass is 294 g/mol. The average Bonchev–Trinajstić information content (AvgIpc) is 2.39. The first kappa shape index (κ1) is 14.2. The third-order valence-electron chi connectivity index (χ3n) is 2.76. The Morgan fingerprint density at radius 2 is 2.20 bits per heavy atom. The lowest BCUT2D eigenvalue weighted by molar-refractivity contribution is 0.626. The number of halogens is 2. The van der Waals surface area contributed by atoms with Gasteiger partial charge >= 0.3 is 0 Å². The number of rotatable bonds is 3. The smallest absolute Gasteiger partial charge is 0.255 e. The molecule has 1 heterocycles. The van der Waals surface area contributed by atoms with Gasteiger partial charge in [-0.05, 0) is 26.0 Å². The molecule has 0 aliphatic carbocycles. The second kappa shape index (κ2) is 5.83. The van der Waals surface area contributed by atoms with Crippen molar-refractivity contribution in [2.75, 3.05) is 5.43 Å². The van der Waals surface area contributed by atoms with Crippen molar-refractivity contribution in [2.45, 2.75) is 13.8 Å². The Morgan fingerprint density at radius 1 is 1.45 bits per heavy atom. The molecule has 2 N–H and O–H groups in total. The van der Waals surface area contributed by atoms with Crippen LogP contribution in [0.2, 0.25) is 5.02 Å². The van der Waals surface area contributed by atoms with Crippen LogP contribution in [0.15, 0.2) is 28.1 Å². The molecule has 20 heavy (non-hydrogen) atoms. The zero-order valence-corrected chi connectivity index (χ0v) is 11.6. The highest BCUT2D eigenvalue weighted by atomic mass is 35.5. The topological polar surface area (TPSA) is 70.1 Å². The van der Waals surface area contributed by atoms with E-state index in [0.717, 1.165) is 0 Å². The lowest BCUT2D eigenvalue weighted by Crippen LogP contribution is -2.15. The van der Waals surface area contributed by atoms with Gasteiger partial charge in [0.25, 0.3) is 5.56 Å². The predicted molar refractivity (Wildman–Crippen MR) is 77.0 cm³/mol. The number of nitrogens with zero attached hydrogens (tertiary/aromatic N) is 2. The van der Waals surface area contributed by atoms with Crippen molar-refractivity contribution in [3.63, 3.8) is 0 Å². The maximum absolute atomic E-state index is 13.5. The third-order valence-corrected chi connectivity index (χ3v) is 3.09. The summed E-state index contributed by atoms with van der Waals surface area (Å²) in [6, 6.07) is 4.34. The summed E-state index contributed by atoms with van der Waals surface area (Å²) in [5.41, 5.74) is 3.57. The van der Waals surface area contributed by atoms with E-state index in [4.69, 9.17) is 11.6 Å². The van der Waals surface area contributed by atoms with Gasteiger partial charge < -0.3 is 0 Å². The van der Waals surface area contributed by atoms with E-state index < -0.39 is 5.82 Å². The van der Waals surface area contributed by atoms with Crippen LogP contribution in [0.1, 0.15) is 16.8 Å². The minimum atomic E-state index is -0.482. The molecular formula is C13H12ClFN4O. The summed E-state index contributed by atoms with van der Waals surface area (Å²) >= 11 is 5.85. The molecule has 5 nitrogen and oxygen atoms in total. The van der Waals surface area contributed by atoms with Crippen LogP contribution in [-0.2, 0) is 0 Å². The summed E-state index contributed by atoms with van der Waals surface area (Å²) in [6.45, 7) is 3.39. The van der Waals surface area contributed by atoms with E-state index in [-0.39, 0.29) is 22.1 Å². The van der Waals surface area contributed by atoms with Gasteiger partial charge in [-0.25, -0.2) is 14.8 Å². The van der Waals surface area contributed by atoms with Crippen LogP contribution >= 0.6 is 11.6 Å². The maximum Gasteiger partial charge on any atom is 0.255 e. The number of anilines is 1. The number of H-pyrrole nitrogens is 1. The van der Waals surface area contributed by atoms with E-state index in [1.807, 2.05) is 0 Å². The molecule has 0 spiro atoms. The van der Waals surface area contributed by atoms with Crippen molar-refractivity contribution in [1.82, 2.24) is 9.97 Å². The van der Waals surface area contributed by atoms with E-state index in [1.54, 1.807) is 19.9 Å². The second-order valence-electron chi connectivity index (χ2n) is 4.13. The molecule has 0 fully saturated rings. The number of hydrazone groups is 1. The molecule has 0 unspecified atom stereocenters. The second-order valence-corrected chi connectivity index (χ2v) is 4.54. The zero-order chi connectivity index (χ0) is 14.7. The molecule has 0 radical (unpaired) electrons. The predicted octanol–water partition coefficient (Wildman–Crippen LogP) is 2.63. The van der Waals surface area contributed by atoms with Crippen molar-refractivity contribution in [2.24, 2.45) is 5.10 Å². The number of aromatic nitrogens is 2. The fourth-order valence-corrected chi connectivity index (χ4v) is 1.70. The zero-order valence-electron chi connectivity index (χ0n) is 10.9. The third kappa shape index (κ3) is 3.03. The van der Waals surface area contributed by atoms with Crippen molar-refractivity contribution in [1.29, 1.82) is 0 Å². The lowest BCUT2D eigenvalue weighted by atomic mass is 10.2. The molecule has 1 aromatic heterocycles. The van der Waals surface area contributed by atoms with Gasteiger partial charge in [0.1, 0.15) is 5.82 Å². The molecule has 2 aromatic rings. The fourth-order valence-electron chi connectivity index (χ4n) is 1.49. The number of aryl methyl sites for hydroxylation is 1. The quantitative estimate of drug-likeness (QED) is 0.675. The van der Waals surface area contributed by atoms with Crippen LogP contribution in [0.4, 0.5) is 10.3 Å². The van der Waals surface area contributed by atoms with Gasteiger partial charge in [0.05, 0.1) is 11.2 Å². The van der Waals surface area contributed by atoms with Gasteiger partial charge in [0.15, 0.2) is 0 Å². The van der Waals surface area contributed by atoms with Crippen LogP contribution in [0.3, 0.4) is 0 Å². The van der Waals surface area contributed by atoms with Crippen LogP contribution in [0.5, 0.6) is 0 Å². The van der Waals surface area contributed by atoms with Crippen LogP contribution < -0.4 is 11.0 Å². The first-order chi connectivity index (χ1) is 9.49. The SMILES string of the molecule is Cc1nc(N/N=C/c2c(F)cccc2Cl)[nH]c(=O)c1C. The first-order valence-corrected chi connectivity index (χ1v) is 6.17. The Bertz CT molecular complexity index is 707. The molecule has 104 valence electrons. The molecule has 0 amide bonds. The van der Waals surface area contributed by atoms with Crippen LogP contribution in [-0.4, -0.2) is 16.2 Å². The molecule has 0 aliphatic heterocycles. The van der Waals surface area contributed by atoms with Gasteiger partial charge in [0, 0.05) is 16.8 Å². The number of nitrogens with one attached hydrogen (secondary N) is 2. The maximum atomic E-state index is 13.5. The largest absolute Gasteiger partial charge is 0.291 e. The van der Waals surface area contributed by atoms with Crippen LogP contribution in [0.25, 0.3) is 0 Å². The summed E-state index contributed by atoms with van der Waals surface area (Å²) in [7, 11) is 0. The normalized spacial score (nSPS) is 11.0. The molecule has 2 rings (SSSR count). The fraction of sp³-hybridized carbons (Fsp3) is 0.154. The Hall–Kier alpha value is -2.21. The molecule has 0 atom stereocenters. The Morgan fingerprint density at radius 3 is 2.85 bits per heavy atom. The van der Waals surface area contributed by atoms with Crippen molar-refractivity contribution in [3.05, 3.63) is 56.2 Å². The first-order valence-electron chi connectivity index (χ1n) is 5.79. The molecule has 0 saturated carbocycles. The highest BCUT2D eigenvalue weighted by molar-refractivity contribution is 6.33. The van der Waals surface area contributed by atoms with Gasteiger partial charge in [-0.15, -0.1) is 0 Å². The minimum Gasteiger partial charge on any atom is -0.291 e. The standard InChI is InChI=1S/C13H12ClFN4O/c1-7-8(2)17-13(18-12(7)20)19-16-6-9-10(14)4-3-5-11(9)15/h3-6H,1-2H3,(H2,17,18,19,20)/b16-6+. The molecular weight excluding hydrogens is 283 g/mol. The lowest BCUT2D eigenvalue weighted by Gasteiger charge is -2.03. The van der Waals surface area contributed by atoms with E-state index in [9.17, 15) is 9.18 Å². The number of aromatic amines is 1. The van der Waals surface area contributed by atoms with Crippen molar-refractivity contribution >= 4 is 23.8 Å². The summed E-state index contributed by atoms with van der Waals surface area (Å²) < 4.78 is 13.5. The molecule has 0 aliphatic rings. The van der Waals surface area contributed by atoms with Gasteiger partial charge in [-0.2, -0.15) is 5.10 Å². The average molecular weight is 295 g/mol. The number of benzene rings is 1. The molecule has 7 heteroatoms. The summed E-state index contributed by atoms with van der Waals surface area (Å²) in [6.07, 6.45) is 1.23. The van der Waals surface area contributed by atoms with Crippen molar-refractivity contribution in [3.8, 4) is 0 Å². The molecule has 0 bridgehead atoms. The minimum absolute atomic E-state index is 0.160. The highest BCUT2D eigenvalue weighted by Gasteiger charge is 2.04. The highest BCUT2D eigenvalue weighted by Crippen LogP contribution is 2.16.